The average molecular weight is 217 g/mol. The Morgan fingerprint density at radius 3 is 3.09 bits per heavy atom. The third-order valence-electron chi connectivity index (χ3n) is 1.75. The zero-order valence-corrected chi connectivity index (χ0v) is 7.54. The van der Waals surface area contributed by atoms with Gasteiger partial charge in [0.1, 0.15) is 6.54 Å². The Kier molecular flexibility index (Phi) is 2.46. The van der Waals surface area contributed by atoms with Gasteiger partial charge in [-0.05, 0) is 0 Å². The van der Waals surface area contributed by atoms with Gasteiger partial charge < -0.3 is 21.9 Å². The van der Waals surface area contributed by atoms with Gasteiger partial charge in [0.25, 0.3) is 0 Å². The van der Waals surface area contributed by atoms with Crippen molar-refractivity contribution >= 4 is 5.91 Å². The number of nitrogens with zero attached hydrogens (tertiary/aromatic N) is 1. The lowest BCUT2D eigenvalue weighted by Gasteiger charge is -2.13. The molecule has 0 atom stereocenters. The van der Waals surface area contributed by atoms with Crippen molar-refractivity contribution in [2.45, 2.75) is 0 Å². The molecule has 0 aliphatic carbocycles. The van der Waals surface area contributed by atoms with E-state index in [9.17, 15) is 4.79 Å². The van der Waals surface area contributed by atoms with Crippen molar-refractivity contribution in [1.82, 2.24) is 4.90 Å². The summed E-state index contributed by atoms with van der Waals surface area (Å²) in [6.45, 7) is 1.45. The van der Waals surface area contributed by atoms with Crippen molar-refractivity contribution in [3.8, 4) is 0 Å². The highest BCUT2D eigenvalue weighted by Crippen LogP contribution is 2.05. The molecular weight excluding hydrogens is 208 g/mol. The lowest BCUT2D eigenvalue weighted by Crippen LogP contribution is -3.00. The number of carbonyl (C=O) groups is 1. The highest BCUT2D eigenvalue weighted by Gasteiger charge is 2.28. The van der Waals surface area contributed by atoms with E-state index in [2.05, 4.69) is 11.0 Å². The number of amides is 1. The summed E-state index contributed by atoms with van der Waals surface area (Å²) in [5, 5.41) is 1.70. The number of fused-ring (bicyclic) bond motifs is 1. The molecule has 2 rings (SSSR count). The summed E-state index contributed by atoms with van der Waals surface area (Å²) < 4.78 is 0. The van der Waals surface area contributed by atoms with Crippen LogP contribution in [0.15, 0.2) is 24.0 Å². The first-order valence-corrected chi connectivity index (χ1v) is 3.35. The van der Waals surface area contributed by atoms with E-state index in [4.69, 9.17) is 0 Å². The molecular formula is C7H9BrN2O. The van der Waals surface area contributed by atoms with Crippen LogP contribution >= 0.6 is 0 Å². The summed E-state index contributed by atoms with van der Waals surface area (Å²) in [5.41, 5.74) is 0. The molecule has 0 aromatic carbocycles. The van der Waals surface area contributed by atoms with Gasteiger partial charge in [-0.1, -0.05) is 12.2 Å². The summed E-state index contributed by atoms with van der Waals surface area (Å²) in [4.78, 5) is 12.9. The van der Waals surface area contributed by atoms with Gasteiger partial charge in [0, 0.05) is 12.6 Å². The Morgan fingerprint density at radius 2 is 2.36 bits per heavy atom. The standard InChI is InChI=1S/C7H8N2O.BrH/c10-7-5-9-4-2-1-3-6(9)8-7;/h1-3H,4-5H2,(H,8,10);1H. The number of allylic oxidation sites excluding steroid dienone is 2. The smallest absolute Gasteiger partial charge is 0.336 e. The normalized spacial score (nSPS) is 20.9. The minimum Gasteiger partial charge on any atom is -1.00 e. The van der Waals surface area contributed by atoms with E-state index in [1.807, 2.05) is 12.2 Å². The summed E-state index contributed by atoms with van der Waals surface area (Å²) >= 11 is 0. The quantitative estimate of drug-likeness (QED) is 0.447. The monoisotopic (exact) mass is 216 g/mol. The van der Waals surface area contributed by atoms with Gasteiger partial charge in [-0.25, -0.2) is 10.1 Å². The number of primary amides is 1. The van der Waals surface area contributed by atoms with E-state index in [0.29, 0.717) is 6.54 Å². The first kappa shape index (κ1) is 8.49. The second-order valence-electron chi connectivity index (χ2n) is 2.51. The number of rotatable bonds is 0. The van der Waals surface area contributed by atoms with Crippen LogP contribution in [0.5, 0.6) is 0 Å². The van der Waals surface area contributed by atoms with Crippen LogP contribution in [0.4, 0.5) is 0 Å². The van der Waals surface area contributed by atoms with Gasteiger partial charge in [-0.3, -0.25) is 0 Å². The molecule has 2 aliphatic rings. The van der Waals surface area contributed by atoms with Crippen LogP contribution in [0.2, 0.25) is 0 Å². The lowest BCUT2D eigenvalue weighted by molar-refractivity contribution is -0.515. The molecule has 0 spiro atoms. The van der Waals surface area contributed by atoms with Crippen LogP contribution in [-0.2, 0) is 4.79 Å². The van der Waals surface area contributed by atoms with Gasteiger partial charge in [0.05, 0.1) is 0 Å². The number of quaternary nitrogens is 1. The molecule has 1 amide bonds. The van der Waals surface area contributed by atoms with E-state index >= 15 is 0 Å². The van der Waals surface area contributed by atoms with Crippen LogP contribution in [0, 0.1) is 0 Å². The van der Waals surface area contributed by atoms with Crippen molar-refractivity contribution in [2.75, 3.05) is 13.1 Å². The van der Waals surface area contributed by atoms with Gasteiger partial charge in [0.15, 0.2) is 0 Å². The largest absolute Gasteiger partial charge is 1.00 e. The Labute approximate surface area is 75.5 Å². The van der Waals surface area contributed by atoms with Crippen molar-refractivity contribution in [3.05, 3.63) is 24.0 Å². The molecule has 0 bridgehead atoms. The van der Waals surface area contributed by atoms with E-state index in [0.717, 1.165) is 12.4 Å². The summed E-state index contributed by atoms with van der Waals surface area (Å²) in [6.07, 6.45) is 6.01. The molecule has 0 unspecified atom stereocenters. The SMILES string of the molecule is O=C1CN2CC=CC=C2[NH2+]1.[Br-]. The predicted molar refractivity (Wildman–Crippen MR) is 35.7 cm³/mol. The van der Waals surface area contributed by atoms with Crippen LogP contribution < -0.4 is 22.3 Å². The van der Waals surface area contributed by atoms with Crippen LogP contribution in [0.25, 0.3) is 0 Å². The van der Waals surface area contributed by atoms with Gasteiger partial charge in [-0.2, -0.15) is 0 Å². The topological polar surface area (TPSA) is 36.9 Å². The van der Waals surface area contributed by atoms with Crippen molar-refractivity contribution in [1.29, 1.82) is 0 Å². The fourth-order valence-electron chi connectivity index (χ4n) is 1.26. The molecule has 0 aromatic rings. The zero-order valence-electron chi connectivity index (χ0n) is 5.96. The third-order valence-corrected chi connectivity index (χ3v) is 1.75. The van der Waals surface area contributed by atoms with Crippen LogP contribution in [0.3, 0.4) is 0 Å². The molecule has 1 fully saturated rings. The molecule has 2 heterocycles. The Hall–Kier alpha value is -0.610. The maximum Gasteiger partial charge on any atom is 0.336 e. The molecule has 4 heteroatoms. The fraction of sp³-hybridized carbons (Fsp3) is 0.286. The number of nitrogens with two attached hydrogens (primary N) is 1. The van der Waals surface area contributed by atoms with Crippen molar-refractivity contribution < 1.29 is 27.1 Å². The maximum atomic E-state index is 10.8. The Bertz CT molecular complexity index is 235. The fourth-order valence-corrected chi connectivity index (χ4v) is 1.26. The minimum absolute atomic E-state index is 0. The van der Waals surface area contributed by atoms with E-state index < -0.39 is 0 Å². The third kappa shape index (κ3) is 1.52. The van der Waals surface area contributed by atoms with Crippen molar-refractivity contribution in [3.63, 3.8) is 0 Å². The maximum absolute atomic E-state index is 10.8. The number of hydrogen-bond acceptors (Lipinski definition) is 2. The first-order valence-electron chi connectivity index (χ1n) is 3.35. The van der Waals surface area contributed by atoms with Crippen LogP contribution in [0.1, 0.15) is 0 Å². The molecule has 1 saturated heterocycles. The summed E-state index contributed by atoms with van der Waals surface area (Å²) in [6, 6.07) is 0. The Morgan fingerprint density at radius 1 is 1.55 bits per heavy atom. The van der Waals surface area contributed by atoms with Gasteiger partial charge >= 0.3 is 5.91 Å². The second kappa shape index (κ2) is 3.19. The molecule has 2 aliphatic heterocycles. The predicted octanol–water partition coefficient (Wildman–Crippen LogP) is -4.19. The molecule has 11 heavy (non-hydrogen) atoms. The highest BCUT2D eigenvalue weighted by molar-refractivity contribution is 5.71. The molecule has 0 saturated carbocycles. The Balaban J connectivity index is 0.000000605. The summed E-state index contributed by atoms with van der Waals surface area (Å²) in [5.74, 6) is 1.28. The number of halogens is 1. The number of hydrogen-bond donors (Lipinski definition) is 1. The van der Waals surface area contributed by atoms with Gasteiger partial charge in [0.2, 0.25) is 5.82 Å². The van der Waals surface area contributed by atoms with Gasteiger partial charge in [-0.15, -0.1) is 0 Å². The average Bonchev–Trinajstić information content (AvgIpc) is 2.27. The molecule has 0 radical (unpaired) electrons. The van der Waals surface area contributed by atoms with Crippen LogP contribution in [-0.4, -0.2) is 23.9 Å². The second-order valence-corrected chi connectivity index (χ2v) is 2.51. The zero-order chi connectivity index (χ0) is 6.97. The number of carbonyl (C=O) groups excluding carboxylic acids is 1. The first-order chi connectivity index (χ1) is 4.86. The minimum atomic E-state index is 0. The molecule has 0 aromatic heterocycles. The lowest BCUT2D eigenvalue weighted by atomic mass is 10.3. The summed E-state index contributed by atoms with van der Waals surface area (Å²) in [7, 11) is 0. The molecule has 60 valence electrons. The molecule has 2 N–H and O–H groups in total. The van der Waals surface area contributed by atoms with E-state index in [1.165, 1.54) is 0 Å². The van der Waals surface area contributed by atoms with E-state index in [-0.39, 0.29) is 22.9 Å². The van der Waals surface area contributed by atoms with Crippen molar-refractivity contribution in [2.24, 2.45) is 0 Å². The molecule has 3 nitrogen and oxygen atoms in total. The highest BCUT2D eigenvalue weighted by atomic mass is 79.9. The van der Waals surface area contributed by atoms with E-state index in [1.54, 1.807) is 5.32 Å².